The number of nitro groups is 1. The van der Waals surface area contributed by atoms with E-state index < -0.39 is 29.2 Å². The number of halogens is 1. The minimum Gasteiger partial charge on any atom is -0.452 e. The Morgan fingerprint density at radius 3 is 2.48 bits per heavy atom. The summed E-state index contributed by atoms with van der Waals surface area (Å²) in [5.41, 5.74) is 0.561. The zero-order valence-electron chi connectivity index (χ0n) is 13.3. The zero-order chi connectivity index (χ0) is 18.4. The predicted octanol–water partition coefficient (Wildman–Crippen LogP) is 2.55. The molecule has 25 heavy (non-hydrogen) atoms. The highest BCUT2D eigenvalue weighted by atomic mass is 19.1. The standard InChI is InChI=1S/C17H15FN2O5/c1-19(10-12-3-2-4-14(18)9-12)16(21)11-25-17(22)13-5-7-15(8-6-13)20(23)24/h2-9H,10-11H2,1H3. The highest BCUT2D eigenvalue weighted by Gasteiger charge is 2.15. The van der Waals surface area contributed by atoms with E-state index in [1.165, 1.54) is 54.4 Å². The largest absolute Gasteiger partial charge is 0.452 e. The average Bonchev–Trinajstić information content (AvgIpc) is 2.59. The minimum absolute atomic E-state index is 0.103. The second-order valence-corrected chi connectivity index (χ2v) is 5.26. The second kappa shape index (κ2) is 8.00. The molecule has 0 bridgehead atoms. The SMILES string of the molecule is CN(Cc1cccc(F)c1)C(=O)COC(=O)c1ccc([N+](=O)[O-])cc1. The molecule has 0 aliphatic rings. The number of ether oxygens (including phenoxy) is 1. The van der Waals surface area contributed by atoms with Crippen LogP contribution in [0, 0.1) is 15.9 Å². The maximum atomic E-state index is 13.1. The van der Waals surface area contributed by atoms with E-state index in [4.69, 9.17) is 4.74 Å². The van der Waals surface area contributed by atoms with E-state index in [1.54, 1.807) is 6.07 Å². The summed E-state index contributed by atoms with van der Waals surface area (Å²) in [5.74, 6) is -1.62. The topological polar surface area (TPSA) is 89.8 Å². The molecule has 2 aromatic rings. The number of rotatable bonds is 6. The molecule has 0 heterocycles. The Labute approximate surface area is 142 Å². The van der Waals surface area contributed by atoms with Crippen LogP contribution in [0.5, 0.6) is 0 Å². The van der Waals surface area contributed by atoms with Crippen molar-refractivity contribution in [2.75, 3.05) is 13.7 Å². The fourth-order valence-electron chi connectivity index (χ4n) is 2.04. The Morgan fingerprint density at radius 1 is 1.20 bits per heavy atom. The summed E-state index contributed by atoms with van der Waals surface area (Å²) in [6.07, 6.45) is 0. The summed E-state index contributed by atoms with van der Waals surface area (Å²) in [7, 11) is 1.51. The molecule has 130 valence electrons. The molecule has 0 saturated carbocycles. The normalized spacial score (nSPS) is 10.2. The van der Waals surface area contributed by atoms with E-state index >= 15 is 0 Å². The molecule has 2 aromatic carbocycles. The first-order valence-electron chi connectivity index (χ1n) is 7.27. The summed E-state index contributed by atoms with van der Waals surface area (Å²) in [4.78, 5) is 35.1. The van der Waals surface area contributed by atoms with Crippen LogP contribution in [0.4, 0.5) is 10.1 Å². The van der Waals surface area contributed by atoms with E-state index in [0.29, 0.717) is 5.56 Å². The fraction of sp³-hybridized carbons (Fsp3) is 0.176. The van der Waals surface area contributed by atoms with E-state index in [1.807, 2.05) is 0 Å². The van der Waals surface area contributed by atoms with Gasteiger partial charge in [0, 0.05) is 25.7 Å². The van der Waals surface area contributed by atoms with Gasteiger partial charge in [0.25, 0.3) is 11.6 Å². The van der Waals surface area contributed by atoms with Gasteiger partial charge in [-0.25, -0.2) is 9.18 Å². The van der Waals surface area contributed by atoms with Crippen molar-refractivity contribution in [2.24, 2.45) is 0 Å². The third-order valence-electron chi connectivity index (χ3n) is 3.38. The van der Waals surface area contributed by atoms with E-state index in [0.717, 1.165) is 0 Å². The van der Waals surface area contributed by atoms with Crippen molar-refractivity contribution in [2.45, 2.75) is 6.54 Å². The molecule has 1 amide bonds. The van der Waals surface area contributed by atoms with Gasteiger partial charge in [0.05, 0.1) is 10.5 Å². The number of carbonyl (C=O) groups is 2. The number of nitro benzene ring substituents is 1. The van der Waals surface area contributed by atoms with Crippen molar-refractivity contribution in [3.63, 3.8) is 0 Å². The molecule has 8 heteroatoms. The lowest BCUT2D eigenvalue weighted by molar-refractivity contribution is -0.384. The summed E-state index contributed by atoms with van der Waals surface area (Å²) in [5, 5.41) is 10.6. The summed E-state index contributed by atoms with van der Waals surface area (Å²) in [6, 6.07) is 10.7. The highest BCUT2D eigenvalue weighted by Crippen LogP contribution is 2.13. The first-order chi connectivity index (χ1) is 11.9. The first-order valence-corrected chi connectivity index (χ1v) is 7.27. The summed E-state index contributed by atoms with van der Waals surface area (Å²) >= 11 is 0. The van der Waals surface area contributed by atoms with Crippen molar-refractivity contribution >= 4 is 17.6 Å². The van der Waals surface area contributed by atoms with Crippen molar-refractivity contribution < 1.29 is 23.6 Å². The molecule has 7 nitrogen and oxygen atoms in total. The molecular weight excluding hydrogens is 331 g/mol. The van der Waals surface area contributed by atoms with Crippen LogP contribution in [-0.2, 0) is 16.1 Å². The van der Waals surface area contributed by atoms with E-state index in [2.05, 4.69) is 0 Å². The Hall–Kier alpha value is -3.29. The molecule has 0 N–H and O–H groups in total. The molecule has 0 aliphatic carbocycles. The zero-order valence-corrected chi connectivity index (χ0v) is 13.3. The van der Waals surface area contributed by atoms with Crippen molar-refractivity contribution in [3.8, 4) is 0 Å². The van der Waals surface area contributed by atoms with Gasteiger partial charge >= 0.3 is 5.97 Å². The van der Waals surface area contributed by atoms with Crippen LogP contribution >= 0.6 is 0 Å². The molecule has 0 spiro atoms. The first kappa shape index (κ1) is 18.1. The van der Waals surface area contributed by atoms with Gasteiger partial charge < -0.3 is 9.64 Å². The Kier molecular flexibility index (Phi) is 5.78. The number of benzene rings is 2. The minimum atomic E-state index is -0.762. The highest BCUT2D eigenvalue weighted by molar-refractivity contribution is 5.91. The number of hydrogen-bond donors (Lipinski definition) is 0. The van der Waals surface area contributed by atoms with Crippen molar-refractivity contribution in [1.29, 1.82) is 0 Å². The molecule has 0 saturated heterocycles. The van der Waals surface area contributed by atoms with Gasteiger partial charge in [-0.05, 0) is 29.8 Å². The molecule has 0 aliphatic heterocycles. The fourth-order valence-corrected chi connectivity index (χ4v) is 2.04. The molecule has 0 fully saturated rings. The third kappa shape index (κ3) is 5.10. The molecule has 0 atom stereocenters. The van der Waals surface area contributed by atoms with Crippen LogP contribution < -0.4 is 0 Å². The average molecular weight is 346 g/mol. The van der Waals surface area contributed by atoms with Crippen LogP contribution in [0.1, 0.15) is 15.9 Å². The van der Waals surface area contributed by atoms with Gasteiger partial charge in [0.2, 0.25) is 0 Å². The smallest absolute Gasteiger partial charge is 0.338 e. The van der Waals surface area contributed by atoms with E-state index in [-0.39, 0.29) is 17.8 Å². The number of likely N-dealkylation sites (N-methyl/N-ethyl adjacent to an activating group) is 1. The lowest BCUT2D eigenvalue weighted by Gasteiger charge is -2.17. The van der Waals surface area contributed by atoms with E-state index in [9.17, 15) is 24.1 Å². The Bertz CT molecular complexity index is 792. The van der Waals surface area contributed by atoms with Gasteiger partial charge in [-0.2, -0.15) is 0 Å². The van der Waals surface area contributed by atoms with Crippen LogP contribution in [0.25, 0.3) is 0 Å². The maximum Gasteiger partial charge on any atom is 0.338 e. The monoisotopic (exact) mass is 346 g/mol. The van der Waals surface area contributed by atoms with Crippen molar-refractivity contribution in [1.82, 2.24) is 4.90 Å². The third-order valence-corrected chi connectivity index (χ3v) is 3.38. The molecule has 2 rings (SSSR count). The number of carbonyl (C=O) groups excluding carboxylic acids is 2. The number of amides is 1. The van der Waals surface area contributed by atoms with Gasteiger partial charge in [0.15, 0.2) is 6.61 Å². The Morgan fingerprint density at radius 2 is 1.88 bits per heavy atom. The predicted molar refractivity (Wildman–Crippen MR) is 86.3 cm³/mol. The van der Waals surface area contributed by atoms with Gasteiger partial charge in [-0.15, -0.1) is 0 Å². The summed E-state index contributed by atoms with van der Waals surface area (Å²) < 4.78 is 18.0. The lowest BCUT2D eigenvalue weighted by Crippen LogP contribution is -2.30. The molecule has 0 aromatic heterocycles. The maximum absolute atomic E-state index is 13.1. The van der Waals surface area contributed by atoms with Gasteiger partial charge in [-0.1, -0.05) is 12.1 Å². The van der Waals surface area contributed by atoms with Crippen LogP contribution in [-0.4, -0.2) is 35.4 Å². The quantitative estimate of drug-likeness (QED) is 0.455. The number of non-ortho nitro benzene ring substituents is 1. The Balaban J connectivity index is 1.87. The molecular formula is C17H15FN2O5. The number of esters is 1. The van der Waals surface area contributed by atoms with Crippen LogP contribution in [0.2, 0.25) is 0 Å². The number of nitrogens with zero attached hydrogens (tertiary/aromatic N) is 2. The van der Waals surface area contributed by atoms with Gasteiger partial charge in [0.1, 0.15) is 5.82 Å². The summed E-state index contributed by atoms with van der Waals surface area (Å²) in [6.45, 7) is -0.312. The van der Waals surface area contributed by atoms with Crippen LogP contribution in [0.3, 0.4) is 0 Å². The second-order valence-electron chi connectivity index (χ2n) is 5.26. The number of hydrogen-bond acceptors (Lipinski definition) is 5. The molecule has 0 unspecified atom stereocenters. The lowest BCUT2D eigenvalue weighted by atomic mass is 10.2. The molecule has 0 radical (unpaired) electrons. The van der Waals surface area contributed by atoms with Crippen LogP contribution in [0.15, 0.2) is 48.5 Å². The van der Waals surface area contributed by atoms with Crippen molar-refractivity contribution in [3.05, 3.63) is 75.6 Å². The van der Waals surface area contributed by atoms with Gasteiger partial charge in [-0.3, -0.25) is 14.9 Å².